The van der Waals surface area contributed by atoms with Gasteiger partial charge in [0.1, 0.15) is 17.2 Å². The summed E-state index contributed by atoms with van der Waals surface area (Å²) in [5, 5.41) is 4.10. The molecule has 0 aliphatic carbocycles. The first-order chi connectivity index (χ1) is 15.3. The van der Waals surface area contributed by atoms with Crippen molar-refractivity contribution in [2.45, 2.75) is 38.8 Å². The molecule has 0 saturated heterocycles. The van der Waals surface area contributed by atoms with Crippen molar-refractivity contribution in [3.05, 3.63) is 72.3 Å². The maximum absolute atomic E-state index is 12.6. The molecule has 3 N–H and O–H groups in total. The molecular weight excluding hydrogens is 404 g/mol. The molecule has 0 saturated carbocycles. The number of benzene rings is 2. The first-order valence-corrected chi connectivity index (χ1v) is 10.6. The van der Waals surface area contributed by atoms with Crippen LogP contribution in [0.5, 0.6) is 5.75 Å². The van der Waals surface area contributed by atoms with Crippen molar-refractivity contribution >= 4 is 17.0 Å². The molecule has 1 atom stereocenters. The van der Waals surface area contributed by atoms with E-state index in [0.29, 0.717) is 12.2 Å². The average Bonchev–Trinajstić information content (AvgIpc) is 3.40. The van der Waals surface area contributed by atoms with Crippen molar-refractivity contribution in [2.24, 2.45) is 0 Å². The van der Waals surface area contributed by atoms with Crippen LogP contribution in [0.3, 0.4) is 0 Å². The van der Waals surface area contributed by atoms with E-state index in [0.717, 1.165) is 33.5 Å². The molecule has 0 aliphatic heterocycles. The average molecular weight is 433 g/mol. The summed E-state index contributed by atoms with van der Waals surface area (Å²) in [6.07, 6.45) is 3.85. The number of rotatable bonds is 6. The first kappa shape index (κ1) is 21.5. The Morgan fingerprint density at radius 2 is 1.81 bits per heavy atom. The smallest absolute Gasteiger partial charge is 0.408 e. The third-order valence-corrected chi connectivity index (χ3v) is 5.10. The topological polar surface area (TPSA) is 92.0 Å². The van der Waals surface area contributed by atoms with Crippen molar-refractivity contribution in [1.82, 2.24) is 20.3 Å². The van der Waals surface area contributed by atoms with Gasteiger partial charge in [-0.2, -0.15) is 0 Å². The summed E-state index contributed by atoms with van der Waals surface area (Å²) in [5.74, 6) is 1.38. The number of H-pyrrole nitrogens is 2. The maximum Gasteiger partial charge on any atom is 0.408 e. The lowest BCUT2D eigenvalue weighted by Crippen LogP contribution is -2.36. The SMILES string of the molecule is COc1ccccc1-c1c[nH]c([C@H](Cc2c[nH]c3ccccc23)NC(=O)OC(C)(C)C)n1. The van der Waals surface area contributed by atoms with Gasteiger partial charge in [-0.3, -0.25) is 0 Å². The number of amides is 1. The molecule has 2 aromatic heterocycles. The number of aromatic amines is 2. The molecule has 0 spiro atoms. The highest BCUT2D eigenvalue weighted by Crippen LogP contribution is 2.30. The molecule has 0 unspecified atom stereocenters. The Morgan fingerprint density at radius 3 is 2.59 bits per heavy atom. The van der Waals surface area contributed by atoms with Gasteiger partial charge in [-0.25, -0.2) is 9.78 Å². The molecular formula is C25H28N4O3. The molecule has 0 fully saturated rings. The van der Waals surface area contributed by atoms with Gasteiger partial charge >= 0.3 is 6.09 Å². The fraction of sp³-hybridized carbons (Fsp3) is 0.280. The largest absolute Gasteiger partial charge is 0.496 e. The quantitative estimate of drug-likeness (QED) is 0.382. The van der Waals surface area contributed by atoms with Crippen molar-refractivity contribution in [2.75, 3.05) is 7.11 Å². The molecule has 4 aromatic rings. The molecule has 2 aromatic carbocycles. The summed E-state index contributed by atoms with van der Waals surface area (Å²) in [7, 11) is 1.64. The van der Waals surface area contributed by atoms with Crippen LogP contribution in [0.4, 0.5) is 4.79 Å². The minimum Gasteiger partial charge on any atom is -0.496 e. The monoisotopic (exact) mass is 432 g/mol. The first-order valence-electron chi connectivity index (χ1n) is 10.6. The van der Waals surface area contributed by atoms with Crippen LogP contribution < -0.4 is 10.1 Å². The minimum atomic E-state index is -0.596. The Hall–Kier alpha value is -3.74. The molecule has 7 nitrogen and oxygen atoms in total. The zero-order chi connectivity index (χ0) is 22.7. The summed E-state index contributed by atoms with van der Waals surface area (Å²) < 4.78 is 11.0. The molecule has 7 heteroatoms. The highest BCUT2D eigenvalue weighted by molar-refractivity contribution is 5.83. The third-order valence-electron chi connectivity index (χ3n) is 5.10. The van der Waals surface area contributed by atoms with E-state index in [1.165, 1.54) is 0 Å². The highest BCUT2D eigenvalue weighted by Gasteiger charge is 2.24. The van der Waals surface area contributed by atoms with Crippen LogP contribution in [0.15, 0.2) is 60.9 Å². The van der Waals surface area contributed by atoms with Crippen LogP contribution in [-0.4, -0.2) is 33.8 Å². The maximum atomic E-state index is 12.6. The number of hydrogen-bond donors (Lipinski definition) is 3. The summed E-state index contributed by atoms with van der Waals surface area (Å²) in [6, 6.07) is 15.4. The van der Waals surface area contributed by atoms with Crippen LogP contribution in [0.1, 0.15) is 38.2 Å². The van der Waals surface area contributed by atoms with Gasteiger partial charge < -0.3 is 24.8 Å². The second-order valence-electron chi connectivity index (χ2n) is 8.63. The summed E-state index contributed by atoms with van der Waals surface area (Å²) >= 11 is 0. The zero-order valence-corrected chi connectivity index (χ0v) is 18.7. The van der Waals surface area contributed by atoms with Crippen LogP contribution in [0, 0.1) is 0 Å². The summed E-state index contributed by atoms with van der Waals surface area (Å²) in [6.45, 7) is 5.52. The lowest BCUT2D eigenvalue weighted by atomic mass is 10.0. The van der Waals surface area contributed by atoms with Gasteiger partial charge in [0.25, 0.3) is 0 Å². The molecule has 0 aliphatic rings. The zero-order valence-electron chi connectivity index (χ0n) is 18.7. The van der Waals surface area contributed by atoms with Crippen LogP contribution in [0.2, 0.25) is 0 Å². The second-order valence-corrected chi connectivity index (χ2v) is 8.63. The predicted octanol–water partition coefficient (Wildman–Crippen LogP) is 5.38. The molecule has 1 amide bonds. The Bertz CT molecular complexity index is 1220. The number of carbonyl (C=O) groups is 1. The van der Waals surface area contributed by atoms with E-state index in [2.05, 4.69) is 21.4 Å². The summed E-state index contributed by atoms with van der Waals surface area (Å²) in [4.78, 5) is 23.9. The van der Waals surface area contributed by atoms with E-state index in [-0.39, 0.29) is 0 Å². The van der Waals surface area contributed by atoms with Crippen molar-refractivity contribution < 1.29 is 14.3 Å². The number of nitrogens with zero attached hydrogens (tertiary/aromatic N) is 1. The van der Waals surface area contributed by atoms with Gasteiger partial charge in [0.2, 0.25) is 0 Å². The lowest BCUT2D eigenvalue weighted by Gasteiger charge is -2.23. The normalized spacial score (nSPS) is 12.5. The number of hydrogen-bond acceptors (Lipinski definition) is 4. The number of para-hydroxylation sites is 2. The van der Waals surface area contributed by atoms with Crippen molar-refractivity contribution in [3.63, 3.8) is 0 Å². The van der Waals surface area contributed by atoms with Crippen LogP contribution >= 0.6 is 0 Å². The van der Waals surface area contributed by atoms with E-state index >= 15 is 0 Å². The number of aromatic nitrogens is 3. The Morgan fingerprint density at radius 1 is 1.06 bits per heavy atom. The van der Waals surface area contributed by atoms with Crippen LogP contribution in [-0.2, 0) is 11.2 Å². The van der Waals surface area contributed by atoms with Gasteiger partial charge in [0.05, 0.1) is 18.8 Å². The molecule has 0 bridgehead atoms. The van der Waals surface area contributed by atoms with E-state index in [4.69, 9.17) is 14.5 Å². The van der Waals surface area contributed by atoms with E-state index in [1.807, 2.05) is 75.6 Å². The number of carbonyl (C=O) groups excluding carboxylic acids is 1. The predicted molar refractivity (Wildman–Crippen MR) is 125 cm³/mol. The van der Waals surface area contributed by atoms with Gasteiger partial charge in [-0.1, -0.05) is 30.3 Å². The van der Waals surface area contributed by atoms with Gasteiger partial charge in [0.15, 0.2) is 0 Å². The van der Waals surface area contributed by atoms with Gasteiger partial charge in [-0.15, -0.1) is 0 Å². The van der Waals surface area contributed by atoms with Crippen LogP contribution in [0.25, 0.3) is 22.2 Å². The lowest BCUT2D eigenvalue weighted by molar-refractivity contribution is 0.0501. The second kappa shape index (κ2) is 8.78. The molecule has 0 radical (unpaired) electrons. The Kier molecular flexibility index (Phi) is 5.90. The minimum absolute atomic E-state index is 0.410. The number of ether oxygens (including phenoxy) is 2. The number of imidazole rings is 1. The Balaban J connectivity index is 1.66. The number of methoxy groups -OCH3 is 1. The summed E-state index contributed by atoms with van der Waals surface area (Å²) in [5.41, 5.74) is 3.15. The fourth-order valence-corrected chi connectivity index (χ4v) is 3.70. The molecule has 4 rings (SSSR count). The highest BCUT2D eigenvalue weighted by atomic mass is 16.6. The Labute approximate surface area is 187 Å². The van der Waals surface area contributed by atoms with E-state index in [9.17, 15) is 4.79 Å². The van der Waals surface area contributed by atoms with Crippen molar-refractivity contribution in [1.29, 1.82) is 0 Å². The molecule has 32 heavy (non-hydrogen) atoms. The molecule has 2 heterocycles. The number of alkyl carbamates (subject to hydrolysis) is 1. The van der Waals surface area contributed by atoms with E-state index in [1.54, 1.807) is 7.11 Å². The standard InChI is InChI=1S/C25H28N4O3/c1-25(2,3)32-24(30)29-20(13-16-14-26-19-11-7-5-9-17(16)19)23-27-15-21(28-23)18-10-6-8-12-22(18)31-4/h5-12,14-15,20,26H,13H2,1-4H3,(H,27,28)(H,29,30)/t20-/m0/s1. The van der Waals surface area contributed by atoms with Crippen molar-refractivity contribution in [3.8, 4) is 17.0 Å². The fourth-order valence-electron chi connectivity index (χ4n) is 3.70. The third kappa shape index (κ3) is 4.77. The van der Waals surface area contributed by atoms with E-state index < -0.39 is 17.7 Å². The number of fused-ring (bicyclic) bond motifs is 1. The van der Waals surface area contributed by atoms with Gasteiger partial charge in [-0.05, 0) is 44.5 Å². The number of nitrogens with one attached hydrogen (secondary N) is 3. The molecule has 166 valence electrons. The van der Waals surface area contributed by atoms with Gasteiger partial charge in [0, 0.05) is 35.3 Å².